The van der Waals surface area contributed by atoms with Crippen LogP contribution >= 0.6 is 0 Å². The number of hydrogen-bond acceptors (Lipinski definition) is 5. The molecule has 1 N–H and O–H groups in total. The maximum Gasteiger partial charge on any atom is 0.165 e. The first-order valence-electron chi connectivity index (χ1n) is 6.73. The molecule has 0 aromatic carbocycles. The molecule has 1 aliphatic rings. The van der Waals surface area contributed by atoms with Crippen LogP contribution in [0.25, 0.3) is 0 Å². The van der Waals surface area contributed by atoms with Crippen LogP contribution in [0.5, 0.6) is 0 Å². The molecule has 102 valence electrons. The molecule has 2 rings (SSSR count). The van der Waals surface area contributed by atoms with Crippen LogP contribution < -0.4 is 5.32 Å². The molecule has 2 unspecified atom stereocenters. The average molecular weight is 253 g/mol. The molecule has 0 amide bonds. The van der Waals surface area contributed by atoms with Crippen molar-refractivity contribution in [3.63, 3.8) is 0 Å². The summed E-state index contributed by atoms with van der Waals surface area (Å²) in [7, 11) is 0. The van der Waals surface area contributed by atoms with Crippen molar-refractivity contribution in [2.24, 2.45) is 11.8 Å². The van der Waals surface area contributed by atoms with Crippen LogP contribution in [0.2, 0.25) is 0 Å². The molecule has 1 aromatic heterocycles. The number of ether oxygens (including phenoxy) is 1. The van der Waals surface area contributed by atoms with E-state index < -0.39 is 0 Å². The molecule has 1 aromatic rings. The predicted octanol–water partition coefficient (Wildman–Crippen LogP) is 1.02. The summed E-state index contributed by atoms with van der Waals surface area (Å²) in [5.74, 6) is 2.07. The van der Waals surface area contributed by atoms with E-state index in [-0.39, 0.29) is 0 Å². The van der Waals surface area contributed by atoms with Gasteiger partial charge in [0.25, 0.3) is 0 Å². The Morgan fingerprint density at radius 2 is 2.28 bits per heavy atom. The van der Waals surface area contributed by atoms with Crippen LogP contribution in [0.15, 0.2) is 0 Å². The van der Waals surface area contributed by atoms with Crippen LogP contribution in [-0.2, 0) is 11.3 Å². The van der Waals surface area contributed by atoms with E-state index in [1.165, 1.54) is 0 Å². The molecule has 2 atom stereocenters. The first-order valence-corrected chi connectivity index (χ1v) is 6.73. The van der Waals surface area contributed by atoms with Crippen molar-refractivity contribution in [3.8, 4) is 0 Å². The van der Waals surface area contributed by atoms with E-state index in [2.05, 4.69) is 41.6 Å². The molecule has 1 saturated heterocycles. The molecule has 0 aliphatic carbocycles. The first kappa shape index (κ1) is 13.4. The summed E-state index contributed by atoms with van der Waals surface area (Å²) < 4.78 is 7.37. The summed E-state index contributed by atoms with van der Waals surface area (Å²) in [5, 5.41) is 15.4. The standard InChI is InChI=1S/C12H23N5O/c1-9(2)6-13-7-12-14-15-16-17(12)10(3)11-4-5-18-8-11/h9-11,13H,4-8H2,1-3H3. The minimum Gasteiger partial charge on any atom is -0.381 e. The molecule has 6 heteroatoms. The van der Waals surface area contributed by atoms with E-state index in [1.807, 2.05) is 4.68 Å². The van der Waals surface area contributed by atoms with Gasteiger partial charge in [-0.25, -0.2) is 4.68 Å². The van der Waals surface area contributed by atoms with E-state index in [9.17, 15) is 0 Å². The first-order chi connectivity index (χ1) is 8.68. The normalized spacial score (nSPS) is 21.7. The van der Waals surface area contributed by atoms with E-state index in [4.69, 9.17) is 4.74 Å². The highest BCUT2D eigenvalue weighted by Gasteiger charge is 2.26. The number of nitrogens with zero attached hydrogens (tertiary/aromatic N) is 4. The predicted molar refractivity (Wildman–Crippen MR) is 68.0 cm³/mol. The van der Waals surface area contributed by atoms with E-state index in [0.29, 0.717) is 17.9 Å². The van der Waals surface area contributed by atoms with E-state index in [0.717, 1.165) is 38.5 Å². The monoisotopic (exact) mass is 253 g/mol. The van der Waals surface area contributed by atoms with Crippen LogP contribution in [0.3, 0.4) is 0 Å². The number of rotatable bonds is 6. The quantitative estimate of drug-likeness (QED) is 0.820. The fraction of sp³-hybridized carbons (Fsp3) is 0.917. The maximum atomic E-state index is 5.43. The highest BCUT2D eigenvalue weighted by molar-refractivity contribution is 4.86. The van der Waals surface area contributed by atoms with Gasteiger partial charge in [-0.1, -0.05) is 13.8 Å². The largest absolute Gasteiger partial charge is 0.381 e. The summed E-state index contributed by atoms with van der Waals surface area (Å²) in [6.07, 6.45) is 1.10. The fourth-order valence-corrected chi connectivity index (χ4v) is 2.25. The number of hydrogen-bond donors (Lipinski definition) is 1. The Hall–Kier alpha value is -1.01. The smallest absolute Gasteiger partial charge is 0.165 e. The Kier molecular flexibility index (Phi) is 4.66. The summed E-state index contributed by atoms with van der Waals surface area (Å²) in [6, 6.07) is 0.304. The summed E-state index contributed by atoms with van der Waals surface area (Å²) in [5.41, 5.74) is 0. The van der Waals surface area contributed by atoms with Crippen LogP contribution in [0.4, 0.5) is 0 Å². The summed E-state index contributed by atoms with van der Waals surface area (Å²) in [4.78, 5) is 0. The van der Waals surface area contributed by atoms with Gasteiger partial charge in [0.15, 0.2) is 5.82 Å². The third kappa shape index (κ3) is 3.26. The molecule has 6 nitrogen and oxygen atoms in total. The zero-order chi connectivity index (χ0) is 13.0. The number of tetrazole rings is 1. The average Bonchev–Trinajstić information content (AvgIpc) is 2.98. The topological polar surface area (TPSA) is 64.9 Å². The number of nitrogens with one attached hydrogen (secondary N) is 1. The highest BCUT2D eigenvalue weighted by Crippen LogP contribution is 2.25. The van der Waals surface area contributed by atoms with Gasteiger partial charge in [0.2, 0.25) is 0 Å². The van der Waals surface area contributed by atoms with E-state index >= 15 is 0 Å². The van der Waals surface area contributed by atoms with Gasteiger partial charge in [0.05, 0.1) is 19.2 Å². The van der Waals surface area contributed by atoms with Crippen molar-refractivity contribution in [1.29, 1.82) is 0 Å². The van der Waals surface area contributed by atoms with E-state index in [1.54, 1.807) is 0 Å². The second-order valence-electron chi connectivity index (χ2n) is 5.43. The lowest BCUT2D eigenvalue weighted by Gasteiger charge is -2.19. The van der Waals surface area contributed by atoms with Gasteiger partial charge in [-0.05, 0) is 36.2 Å². The Balaban J connectivity index is 1.93. The lowest BCUT2D eigenvalue weighted by atomic mass is 10.0. The lowest BCUT2D eigenvalue weighted by molar-refractivity contribution is 0.172. The van der Waals surface area contributed by atoms with Gasteiger partial charge >= 0.3 is 0 Å². The Morgan fingerprint density at radius 1 is 1.44 bits per heavy atom. The third-order valence-corrected chi connectivity index (χ3v) is 3.43. The van der Waals surface area contributed by atoms with Crippen molar-refractivity contribution in [2.75, 3.05) is 19.8 Å². The molecule has 0 saturated carbocycles. The van der Waals surface area contributed by atoms with Crippen molar-refractivity contribution in [2.45, 2.75) is 39.8 Å². The maximum absolute atomic E-state index is 5.43. The van der Waals surface area contributed by atoms with Crippen LogP contribution in [0, 0.1) is 11.8 Å². The van der Waals surface area contributed by atoms with Gasteiger partial charge in [-0.2, -0.15) is 0 Å². The third-order valence-electron chi connectivity index (χ3n) is 3.43. The minimum absolute atomic E-state index is 0.304. The molecular weight excluding hydrogens is 230 g/mol. The second kappa shape index (κ2) is 6.24. The van der Waals surface area contributed by atoms with Gasteiger partial charge < -0.3 is 10.1 Å². The van der Waals surface area contributed by atoms with Crippen molar-refractivity contribution >= 4 is 0 Å². The van der Waals surface area contributed by atoms with Crippen molar-refractivity contribution < 1.29 is 4.74 Å². The molecule has 0 spiro atoms. The molecule has 18 heavy (non-hydrogen) atoms. The number of aromatic nitrogens is 4. The van der Waals surface area contributed by atoms with Gasteiger partial charge in [0, 0.05) is 12.5 Å². The highest BCUT2D eigenvalue weighted by atomic mass is 16.5. The van der Waals surface area contributed by atoms with Crippen molar-refractivity contribution in [1.82, 2.24) is 25.5 Å². The molecule has 0 radical (unpaired) electrons. The summed E-state index contributed by atoms with van der Waals surface area (Å²) >= 11 is 0. The molecule has 1 fully saturated rings. The Morgan fingerprint density at radius 3 is 2.94 bits per heavy atom. The molecule has 0 bridgehead atoms. The lowest BCUT2D eigenvalue weighted by Crippen LogP contribution is -2.25. The Labute approximate surface area is 108 Å². The second-order valence-corrected chi connectivity index (χ2v) is 5.43. The SMILES string of the molecule is CC(C)CNCc1nnnn1C(C)C1CCOC1. The fourth-order valence-electron chi connectivity index (χ4n) is 2.25. The molecule has 1 aliphatic heterocycles. The van der Waals surface area contributed by atoms with Gasteiger partial charge in [-0.3, -0.25) is 0 Å². The molecular formula is C12H23N5O. The van der Waals surface area contributed by atoms with Crippen molar-refractivity contribution in [3.05, 3.63) is 5.82 Å². The van der Waals surface area contributed by atoms with Crippen LogP contribution in [-0.4, -0.2) is 40.0 Å². The zero-order valence-corrected chi connectivity index (χ0v) is 11.5. The van der Waals surface area contributed by atoms with Gasteiger partial charge in [0.1, 0.15) is 0 Å². The minimum atomic E-state index is 0.304. The van der Waals surface area contributed by atoms with Crippen LogP contribution in [0.1, 0.15) is 39.1 Å². The molecule has 2 heterocycles. The van der Waals surface area contributed by atoms with Gasteiger partial charge in [-0.15, -0.1) is 5.10 Å². The zero-order valence-electron chi connectivity index (χ0n) is 11.5. The summed E-state index contributed by atoms with van der Waals surface area (Å²) in [6.45, 7) is 9.93. The Bertz CT molecular complexity index is 359.